The third kappa shape index (κ3) is 1.79. The van der Waals surface area contributed by atoms with Gasteiger partial charge in [0, 0.05) is 26.1 Å². The summed E-state index contributed by atoms with van der Waals surface area (Å²) >= 11 is 0. The van der Waals surface area contributed by atoms with E-state index in [0.29, 0.717) is 26.1 Å². The van der Waals surface area contributed by atoms with Crippen LogP contribution >= 0.6 is 0 Å². The fourth-order valence-electron chi connectivity index (χ4n) is 2.53. The maximum absolute atomic E-state index is 12.2. The van der Waals surface area contributed by atoms with Crippen molar-refractivity contribution in [1.29, 1.82) is 0 Å². The molecule has 2 amide bonds. The molecule has 88 valence electrons. The second-order valence-electron chi connectivity index (χ2n) is 4.67. The van der Waals surface area contributed by atoms with Crippen LogP contribution < -0.4 is 5.32 Å². The fraction of sp³-hybridized carbons (Fsp3) is 0.385. The van der Waals surface area contributed by atoms with Crippen LogP contribution in [0.2, 0.25) is 0 Å². The van der Waals surface area contributed by atoms with Crippen LogP contribution in [0.3, 0.4) is 0 Å². The van der Waals surface area contributed by atoms with Gasteiger partial charge in [0.15, 0.2) is 0 Å². The van der Waals surface area contributed by atoms with E-state index in [-0.39, 0.29) is 17.7 Å². The van der Waals surface area contributed by atoms with Crippen molar-refractivity contribution in [3.8, 4) is 0 Å². The summed E-state index contributed by atoms with van der Waals surface area (Å²) in [5, 5.41) is 2.71. The molecule has 0 bridgehead atoms. The lowest BCUT2D eigenvalue weighted by molar-refractivity contribution is -0.136. The molecule has 2 aliphatic rings. The number of carbonyl (C=O) groups is 2. The summed E-state index contributed by atoms with van der Waals surface area (Å²) in [6, 6.07) is 8.10. The number of fused-ring (bicyclic) bond motifs is 1. The molecule has 1 atom stereocenters. The molecule has 2 heterocycles. The van der Waals surface area contributed by atoms with E-state index in [2.05, 4.69) is 17.4 Å². The number of nitrogens with one attached hydrogen (secondary N) is 1. The van der Waals surface area contributed by atoms with E-state index in [4.69, 9.17) is 0 Å². The van der Waals surface area contributed by atoms with Crippen LogP contribution in [0.1, 0.15) is 17.5 Å². The lowest BCUT2D eigenvalue weighted by Crippen LogP contribution is -2.33. The Labute approximate surface area is 99.6 Å². The number of nitrogens with zero attached hydrogens (tertiary/aromatic N) is 1. The van der Waals surface area contributed by atoms with Gasteiger partial charge in [0.25, 0.3) is 0 Å². The molecule has 0 spiro atoms. The van der Waals surface area contributed by atoms with Gasteiger partial charge in [-0.1, -0.05) is 24.3 Å². The zero-order valence-corrected chi connectivity index (χ0v) is 9.48. The van der Waals surface area contributed by atoms with Crippen molar-refractivity contribution in [2.75, 3.05) is 6.54 Å². The number of hydrogen-bond donors (Lipinski definition) is 1. The minimum atomic E-state index is -0.170. The molecule has 1 N–H and O–H groups in total. The van der Waals surface area contributed by atoms with Gasteiger partial charge < -0.3 is 10.2 Å². The number of hydrogen-bond acceptors (Lipinski definition) is 2. The zero-order chi connectivity index (χ0) is 11.8. The van der Waals surface area contributed by atoms with Gasteiger partial charge in [-0.3, -0.25) is 9.59 Å². The summed E-state index contributed by atoms with van der Waals surface area (Å²) in [5.74, 6) is -0.0866. The Balaban J connectivity index is 1.72. The first-order chi connectivity index (χ1) is 8.24. The molecule has 0 radical (unpaired) electrons. The Morgan fingerprint density at radius 2 is 1.88 bits per heavy atom. The molecule has 2 aliphatic heterocycles. The van der Waals surface area contributed by atoms with Crippen molar-refractivity contribution in [3.63, 3.8) is 0 Å². The van der Waals surface area contributed by atoms with Gasteiger partial charge in [0.1, 0.15) is 0 Å². The molecule has 1 aromatic rings. The fourth-order valence-corrected chi connectivity index (χ4v) is 2.53. The van der Waals surface area contributed by atoms with E-state index in [9.17, 15) is 9.59 Å². The summed E-state index contributed by atoms with van der Waals surface area (Å²) in [7, 11) is 0. The molecule has 1 unspecified atom stereocenters. The average Bonchev–Trinajstić information content (AvgIpc) is 2.93. The minimum absolute atomic E-state index is 0.0138. The van der Waals surface area contributed by atoms with Crippen molar-refractivity contribution in [3.05, 3.63) is 35.4 Å². The van der Waals surface area contributed by atoms with E-state index < -0.39 is 0 Å². The summed E-state index contributed by atoms with van der Waals surface area (Å²) in [5.41, 5.74) is 2.44. The van der Waals surface area contributed by atoms with Gasteiger partial charge in [0.2, 0.25) is 11.8 Å². The molecule has 17 heavy (non-hydrogen) atoms. The van der Waals surface area contributed by atoms with Gasteiger partial charge in [-0.05, 0) is 11.1 Å². The Bertz CT molecular complexity index is 459. The molecular weight excluding hydrogens is 216 g/mol. The Kier molecular flexibility index (Phi) is 2.35. The molecule has 4 nitrogen and oxygen atoms in total. The molecule has 1 aromatic carbocycles. The molecular formula is C13H14N2O2. The highest BCUT2D eigenvalue weighted by atomic mass is 16.2. The highest BCUT2D eigenvalue weighted by Crippen LogP contribution is 2.25. The van der Waals surface area contributed by atoms with Crippen molar-refractivity contribution >= 4 is 11.8 Å². The third-order valence-corrected chi connectivity index (χ3v) is 3.48. The maximum atomic E-state index is 12.2. The van der Waals surface area contributed by atoms with Gasteiger partial charge in [-0.15, -0.1) is 0 Å². The Hall–Kier alpha value is -1.84. The zero-order valence-electron chi connectivity index (χ0n) is 9.48. The third-order valence-electron chi connectivity index (χ3n) is 3.48. The monoisotopic (exact) mass is 230 g/mol. The van der Waals surface area contributed by atoms with Crippen LogP contribution in [0.5, 0.6) is 0 Å². The van der Waals surface area contributed by atoms with Crippen molar-refractivity contribution in [2.24, 2.45) is 5.92 Å². The SMILES string of the molecule is O=C1CC(C(=O)N2Cc3ccccc3C2)CN1. The Morgan fingerprint density at radius 3 is 2.41 bits per heavy atom. The molecule has 0 aliphatic carbocycles. The van der Waals surface area contributed by atoms with Crippen molar-refractivity contribution in [2.45, 2.75) is 19.5 Å². The van der Waals surface area contributed by atoms with Crippen molar-refractivity contribution in [1.82, 2.24) is 10.2 Å². The number of carbonyl (C=O) groups excluding carboxylic acids is 2. The number of amides is 2. The smallest absolute Gasteiger partial charge is 0.228 e. The van der Waals surface area contributed by atoms with Gasteiger partial charge in [-0.2, -0.15) is 0 Å². The highest BCUT2D eigenvalue weighted by Gasteiger charge is 2.33. The molecule has 0 aromatic heterocycles. The van der Waals surface area contributed by atoms with Gasteiger partial charge in [-0.25, -0.2) is 0 Å². The summed E-state index contributed by atoms with van der Waals surface area (Å²) < 4.78 is 0. The number of rotatable bonds is 1. The topological polar surface area (TPSA) is 49.4 Å². The summed E-state index contributed by atoms with van der Waals surface area (Å²) in [4.78, 5) is 25.1. The highest BCUT2D eigenvalue weighted by molar-refractivity contribution is 5.89. The van der Waals surface area contributed by atoms with Gasteiger partial charge in [0.05, 0.1) is 5.92 Å². The standard InChI is InChI=1S/C13H14N2O2/c16-12-5-11(6-14-12)13(17)15-7-9-3-1-2-4-10(9)8-15/h1-4,11H,5-8H2,(H,14,16). The predicted octanol–water partition coefficient (Wildman–Crippen LogP) is 0.665. The van der Waals surface area contributed by atoms with Crippen LogP contribution in [-0.4, -0.2) is 23.3 Å². The average molecular weight is 230 g/mol. The molecule has 1 saturated heterocycles. The minimum Gasteiger partial charge on any atom is -0.355 e. The second-order valence-corrected chi connectivity index (χ2v) is 4.67. The van der Waals surface area contributed by atoms with Gasteiger partial charge >= 0.3 is 0 Å². The molecule has 3 rings (SSSR count). The Morgan fingerprint density at radius 1 is 1.24 bits per heavy atom. The van der Waals surface area contributed by atoms with Crippen LogP contribution in [0.25, 0.3) is 0 Å². The van der Waals surface area contributed by atoms with E-state index >= 15 is 0 Å². The normalized spacial score (nSPS) is 22.5. The van der Waals surface area contributed by atoms with Crippen LogP contribution in [-0.2, 0) is 22.7 Å². The first kappa shape index (κ1) is 10.3. The van der Waals surface area contributed by atoms with E-state index in [1.807, 2.05) is 17.0 Å². The maximum Gasteiger partial charge on any atom is 0.228 e. The molecule has 4 heteroatoms. The van der Waals surface area contributed by atoms with E-state index in [1.54, 1.807) is 0 Å². The quantitative estimate of drug-likeness (QED) is 0.770. The van der Waals surface area contributed by atoms with E-state index in [0.717, 1.165) is 0 Å². The second kappa shape index (κ2) is 3.87. The first-order valence-electron chi connectivity index (χ1n) is 5.86. The summed E-state index contributed by atoms with van der Waals surface area (Å²) in [6.07, 6.45) is 0.339. The van der Waals surface area contributed by atoms with Crippen LogP contribution in [0.4, 0.5) is 0 Å². The number of benzene rings is 1. The van der Waals surface area contributed by atoms with Crippen LogP contribution in [0.15, 0.2) is 24.3 Å². The molecule has 0 saturated carbocycles. The predicted molar refractivity (Wildman–Crippen MR) is 61.8 cm³/mol. The van der Waals surface area contributed by atoms with Crippen LogP contribution in [0, 0.1) is 5.92 Å². The first-order valence-corrected chi connectivity index (χ1v) is 5.86. The van der Waals surface area contributed by atoms with E-state index in [1.165, 1.54) is 11.1 Å². The largest absolute Gasteiger partial charge is 0.355 e. The lowest BCUT2D eigenvalue weighted by Gasteiger charge is -2.18. The van der Waals surface area contributed by atoms with Crippen molar-refractivity contribution < 1.29 is 9.59 Å². The molecule has 1 fully saturated rings. The summed E-state index contributed by atoms with van der Waals surface area (Å²) in [6.45, 7) is 1.85. The lowest BCUT2D eigenvalue weighted by atomic mass is 10.1.